The third-order valence-corrected chi connectivity index (χ3v) is 2.50. The van der Waals surface area contributed by atoms with Gasteiger partial charge in [-0.2, -0.15) is 0 Å². The van der Waals surface area contributed by atoms with Crippen LogP contribution in [0.5, 0.6) is 0 Å². The number of hydrogen-bond donors (Lipinski definition) is 1. The zero-order chi connectivity index (χ0) is 11.0. The number of hydrogen-bond acceptors (Lipinski definition) is 3. The summed E-state index contributed by atoms with van der Waals surface area (Å²) < 4.78 is 0. The summed E-state index contributed by atoms with van der Waals surface area (Å²) in [6.07, 6.45) is 3.17. The fourth-order valence-corrected chi connectivity index (χ4v) is 1.72. The summed E-state index contributed by atoms with van der Waals surface area (Å²) in [6, 6.07) is 7.51. The van der Waals surface area contributed by atoms with Crippen molar-refractivity contribution in [2.45, 2.75) is 0 Å². The Balaban J connectivity index is 2.19. The normalized spacial score (nSPS) is 10.8. The Morgan fingerprint density at radius 2 is 2.19 bits per heavy atom. The molecule has 16 heavy (non-hydrogen) atoms. The Hall–Kier alpha value is -1.94. The Morgan fingerprint density at radius 1 is 1.25 bits per heavy atom. The number of rotatable bonds is 1. The Kier molecular flexibility index (Phi) is 2.08. The standard InChI is InChI=1S/C11H7ClN4/c12-8-3-1-2-7(4-8)10-15-9-5-13-6-14-11(9)16-10/h1-6H,(H,13,14,15,16). The minimum Gasteiger partial charge on any atom is -0.335 e. The second kappa shape index (κ2) is 3.57. The van der Waals surface area contributed by atoms with Gasteiger partial charge in [-0.05, 0) is 12.1 Å². The van der Waals surface area contributed by atoms with Gasteiger partial charge >= 0.3 is 0 Å². The molecule has 0 fully saturated rings. The summed E-state index contributed by atoms with van der Waals surface area (Å²) in [5.74, 6) is 0.748. The summed E-state index contributed by atoms with van der Waals surface area (Å²) in [7, 11) is 0. The molecule has 3 rings (SSSR count). The molecule has 0 saturated carbocycles. The van der Waals surface area contributed by atoms with Crippen LogP contribution >= 0.6 is 11.6 Å². The zero-order valence-corrected chi connectivity index (χ0v) is 8.94. The third kappa shape index (κ3) is 1.53. The van der Waals surface area contributed by atoms with Crippen LogP contribution in [0.1, 0.15) is 0 Å². The predicted molar refractivity (Wildman–Crippen MR) is 62.1 cm³/mol. The van der Waals surface area contributed by atoms with Crippen LogP contribution < -0.4 is 0 Å². The molecule has 3 aromatic rings. The van der Waals surface area contributed by atoms with Gasteiger partial charge in [-0.1, -0.05) is 23.7 Å². The molecule has 2 heterocycles. The second-order valence-electron chi connectivity index (χ2n) is 3.36. The second-order valence-corrected chi connectivity index (χ2v) is 3.79. The Morgan fingerprint density at radius 3 is 3.00 bits per heavy atom. The quantitative estimate of drug-likeness (QED) is 0.699. The lowest BCUT2D eigenvalue weighted by atomic mass is 10.2. The third-order valence-electron chi connectivity index (χ3n) is 2.26. The van der Waals surface area contributed by atoms with E-state index < -0.39 is 0 Å². The molecule has 78 valence electrons. The lowest BCUT2D eigenvalue weighted by Gasteiger charge is -1.95. The highest BCUT2D eigenvalue weighted by atomic mass is 35.5. The van der Waals surface area contributed by atoms with Crippen molar-refractivity contribution in [2.75, 3.05) is 0 Å². The van der Waals surface area contributed by atoms with E-state index in [1.807, 2.05) is 24.3 Å². The molecule has 4 nitrogen and oxygen atoms in total. The van der Waals surface area contributed by atoms with Gasteiger partial charge in [-0.15, -0.1) is 0 Å². The Bertz CT molecular complexity index is 614. The van der Waals surface area contributed by atoms with Gasteiger partial charge in [0, 0.05) is 10.6 Å². The average Bonchev–Trinajstić information content (AvgIpc) is 2.72. The molecule has 0 radical (unpaired) electrons. The van der Waals surface area contributed by atoms with Gasteiger partial charge in [0.05, 0.1) is 6.20 Å². The fourth-order valence-electron chi connectivity index (χ4n) is 1.53. The maximum absolute atomic E-state index is 5.92. The van der Waals surface area contributed by atoms with Crippen molar-refractivity contribution in [3.05, 3.63) is 41.8 Å². The van der Waals surface area contributed by atoms with Crippen molar-refractivity contribution < 1.29 is 0 Å². The topological polar surface area (TPSA) is 54.5 Å². The van der Waals surface area contributed by atoms with Crippen molar-refractivity contribution >= 4 is 22.8 Å². The number of halogens is 1. The first-order chi connectivity index (χ1) is 7.83. The predicted octanol–water partition coefficient (Wildman–Crippen LogP) is 2.67. The van der Waals surface area contributed by atoms with Crippen LogP contribution in [0.2, 0.25) is 5.02 Å². The minimum absolute atomic E-state index is 0.657. The van der Waals surface area contributed by atoms with Crippen molar-refractivity contribution in [3.63, 3.8) is 0 Å². The largest absolute Gasteiger partial charge is 0.335 e. The number of H-pyrrole nitrogens is 1. The first-order valence-corrected chi connectivity index (χ1v) is 5.12. The first-order valence-electron chi connectivity index (χ1n) is 4.74. The van der Waals surface area contributed by atoms with Crippen molar-refractivity contribution in [2.24, 2.45) is 0 Å². The molecule has 0 saturated heterocycles. The van der Waals surface area contributed by atoms with E-state index in [9.17, 15) is 0 Å². The van der Waals surface area contributed by atoms with Gasteiger partial charge in [0.1, 0.15) is 17.7 Å². The summed E-state index contributed by atoms with van der Waals surface area (Å²) in [5, 5.41) is 0.684. The monoisotopic (exact) mass is 230 g/mol. The lowest BCUT2D eigenvalue weighted by Crippen LogP contribution is -1.79. The van der Waals surface area contributed by atoms with E-state index in [4.69, 9.17) is 11.6 Å². The van der Waals surface area contributed by atoms with Crippen LogP contribution in [0, 0.1) is 0 Å². The summed E-state index contributed by atoms with van der Waals surface area (Å²) in [5.41, 5.74) is 2.41. The molecule has 0 bridgehead atoms. The summed E-state index contributed by atoms with van der Waals surface area (Å²) in [4.78, 5) is 15.5. The van der Waals surface area contributed by atoms with Gasteiger partial charge in [0.15, 0.2) is 5.65 Å². The van der Waals surface area contributed by atoms with E-state index in [0.717, 1.165) is 16.9 Å². The fraction of sp³-hybridized carbons (Fsp3) is 0. The summed E-state index contributed by atoms with van der Waals surface area (Å²) in [6.45, 7) is 0. The first kappa shape index (κ1) is 9.30. The van der Waals surface area contributed by atoms with E-state index in [2.05, 4.69) is 19.9 Å². The van der Waals surface area contributed by atoms with Crippen LogP contribution in [-0.2, 0) is 0 Å². The molecule has 5 heteroatoms. The highest BCUT2D eigenvalue weighted by Gasteiger charge is 2.05. The SMILES string of the molecule is Clc1cccc(-c2nc3ncncc3[nH]2)c1. The van der Waals surface area contributed by atoms with Crippen LogP contribution in [0.25, 0.3) is 22.6 Å². The van der Waals surface area contributed by atoms with E-state index in [1.54, 1.807) is 6.20 Å². The Labute approximate surface area is 96.3 Å². The number of aromatic nitrogens is 4. The van der Waals surface area contributed by atoms with Gasteiger partial charge in [0.25, 0.3) is 0 Å². The number of nitrogens with zero attached hydrogens (tertiary/aromatic N) is 3. The molecule has 0 amide bonds. The molecular formula is C11H7ClN4. The van der Waals surface area contributed by atoms with Crippen molar-refractivity contribution in [1.82, 2.24) is 19.9 Å². The average molecular weight is 231 g/mol. The van der Waals surface area contributed by atoms with Crippen LogP contribution in [0.3, 0.4) is 0 Å². The van der Waals surface area contributed by atoms with Crippen molar-refractivity contribution in [3.8, 4) is 11.4 Å². The molecule has 2 aromatic heterocycles. The van der Waals surface area contributed by atoms with Gasteiger partial charge in [0.2, 0.25) is 0 Å². The lowest BCUT2D eigenvalue weighted by molar-refractivity contribution is 1.20. The minimum atomic E-state index is 0.657. The molecule has 0 aliphatic carbocycles. The van der Waals surface area contributed by atoms with Gasteiger partial charge in [-0.25, -0.2) is 15.0 Å². The zero-order valence-electron chi connectivity index (χ0n) is 8.18. The highest BCUT2D eigenvalue weighted by molar-refractivity contribution is 6.30. The number of aromatic amines is 1. The molecule has 0 unspecified atom stereocenters. The maximum atomic E-state index is 5.92. The molecular weight excluding hydrogens is 224 g/mol. The molecule has 0 spiro atoms. The maximum Gasteiger partial charge on any atom is 0.181 e. The van der Waals surface area contributed by atoms with Crippen LogP contribution in [0.4, 0.5) is 0 Å². The molecule has 0 atom stereocenters. The van der Waals surface area contributed by atoms with E-state index >= 15 is 0 Å². The van der Waals surface area contributed by atoms with Crippen molar-refractivity contribution in [1.29, 1.82) is 0 Å². The number of imidazole rings is 1. The van der Waals surface area contributed by atoms with Crippen LogP contribution in [-0.4, -0.2) is 19.9 Å². The number of benzene rings is 1. The van der Waals surface area contributed by atoms with Gasteiger partial charge < -0.3 is 4.98 Å². The number of fused-ring (bicyclic) bond motifs is 1. The van der Waals surface area contributed by atoms with E-state index in [-0.39, 0.29) is 0 Å². The number of nitrogens with one attached hydrogen (secondary N) is 1. The van der Waals surface area contributed by atoms with Gasteiger partial charge in [-0.3, -0.25) is 0 Å². The smallest absolute Gasteiger partial charge is 0.181 e. The molecule has 1 aromatic carbocycles. The molecule has 0 aliphatic heterocycles. The molecule has 0 aliphatic rings. The molecule has 1 N–H and O–H groups in total. The summed E-state index contributed by atoms with van der Waals surface area (Å²) >= 11 is 5.92. The highest BCUT2D eigenvalue weighted by Crippen LogP contribution is 2.21. The van der Waals surface area contributed by atoms with E-state index in [0.29, 0.717) is 10.7 Å². The van der Waals surface area contributed by atoms with E-state index in [1.165, 1.54) is 6.33 Å². The van der Waals surface area contributed by atoms with Crippen LogP contribution in [0.15, 0.2) is 36.8 Å².